The molecule has 0 radical (unpaired) electrons. The van der Waals surface area contributed by atoms with Crippen molar-refractivity contribution < 1.29 is 13.2 Å². The van der Waals surface area contributed by atoms with Crippen molar-refractivity contribution in [2.24, 2.45) is 0 Å². The van der Waals surface area contributed by atoms with Gasteiger partial charge in [0.15, 0.2) is 0 Å². The van der Waals surface area contributed by atoms with Crippen LogP contribution < -0.4 is 0 Å². The normalized spacial score (nSPS) is 12.4. The molecule has 0 aromatic heterocycles. The van der Waals surface area contributed by atoms with Crippen LogP contribution in [0.4, 0.5) is 13.2 Å². The second kappa shape index (κ2) is 5.57. The van der Waals surface area contributed by atoms with Crippen LogP contribution in [-0.2, 0) is 6.42 Å². The van der Waals surface area contributed by atoms with Crippen LogP contribution in [0.25, 0.3) is 0 Å². The Morgan fingerprint density at radius 2 is 1.39 bits per heavy atom. The number of benzene rings is 2. The van der Waals surface area contributed by atoms with E-state index in [1.807, 2.05) is 0 Å². The van der Waals surface area contributed by atoms with Crippen molar-refractivity contribution in [3.05, 3.63) is 71.0 Å². The number of hydrogen-bond donors (Lipinski definition) is 0. The quantitative estimate of drug-likeness (QED) is 0.715. The van der Waals surface area contributed by atoms with Gasteiger partial charge in [-0.05, 0) is 30.2 Å². The molecular formula is C14H10BrF3. The smallest absolute Gasteiger partial charge is 0.130 e. The van der Waals surface area contributed by atoms with E-state index in [4.69, 9.17) is 0 Å². The summed E-state index contributed by atoms with van der Waals surface area (Å²) in [6.07, 6.45) is 0.185. The van der Waals surface area contributed by atoms with Crippen LogP contribution in [0.5, 0.6) is 0 Å². The molecule has 2 rings (SSSR count). The second-order valence-electron chi connectivity index (χ2n) is 3.90. The van der Waals surface area contributed by atoms with Crippen molar-refractivity contribution in [1.29, 1.82) is 0 Å². The summed E-state index contributed by atoms with van der Waals surface area (Å²) in [4.78, 5) is -0.601. The van der Waals surface area contributed by atoms with E-state index < -0.39 is 16.5 Å². The zero-order valence-corrected chi connectivity index (χ0v) is 10.9. The zero-order chi connectivity index (χ0) is 13.1. The molecule has 0 amide bonds. The average molecular weight is 315 g/mol. The fourth-order valence-electron chi connectivity index (χ4n) is 1.77. The fraction of sp³-hybridized carbons (Fsp3) is 0.143. The summed E-state index contributed by atoms with van der Waals surface area (Å²) in [5.41, 5.74) is 0.350. The number of alkyl halides is 1. The molecule has 2 aromatic rings. The van der Waals surface area contributed by atoms with Gasteiger partial charge < -0.3 is 0 Å². The van der Waals surface area contributed by atoms with Crippen molar-refractivity contribution in [3.63, 3.8) is 0 Å². The van der Waals surface area contributed by atoms with Gasteiger partial charge in [0.2, 0.25) is 0 Å². The molecule has 4 heteroatoms. The molecule has 0 bridgehead atoms. The first-order chi connectivity index (χ1) is 8.59. The molecule has 0 aliphatic heterocycles. The average Bonchev–Trinajstić information content (AvgIpc) is 2.32. The monoisotopic (exact) mass is 314 g/mol. The van der Waals surface area contributed by atoms with Crippen LogP contribution in [-0.4, -0.2) is 0 Å². The third kappa shape index (κ3) is 2.75. The molecule has 0 heterocycles. The SMILES string of the molecule is Fc1ccccc1CC(Br)c1c(F)cccc1F. The minimum Gasteiger partial charge on any atom is -0.207 e. The number of halogens is 4. The van der Waals surface area contributed by atoms with Gasteiger partial charge in [0, 0.05) is 10.4 Å². The Morgan fingerprint density at radius 3 is 2.00 bits per heavy atom. The molecule has 0 aliphatic carbocycles. The van der Waals surface area contributed by atoms with E-state index in [2.05, 4.69) is 15.9 Å². The summed E-state index contributed by atoms with van der Waals surface area (Å²) >= 11 is 3.21. The Kier molecular flexibility index (Phi) is 4.07. The number of rotatable bonds is 3. The molecule has 0 spiro atoms. The Hall–Kier alpha value is -1.29. The topological polar surface area (TPSA) is 0 Å². The molecule has 0 saturated heterocycles. The molecule has 0 fully saturated rings. The van der Waals surface area contributed by atoms with Crippen LogP contribution >= 0.6 is 15.9 Å². The lowest BCUT2D eigenvalue weighted by molar-refractivity contribution is 0.549. The molecule has 0 aliphatic rings. The highest BCUT2D eigenvalue weighted by Crippen LogP contribution is 2.31. The van der Waals surface area contributed by atoms with E-state index in [0.29, 0.717) is 5.56 Å². The predicted octanol–water partition coefficient (Wildman–Crippen LogP) is 4.78. The first kappa shape index (κ1) is 13.1. The third-order valence-electron chi connectivity index (χ3n) is 2.67. The van der Waals surface area contributed by atoms with Gasteiger partial charge in [-0.1, -0.05) is 40.2 Å². The third-order valence-corrected chi connectivity index (χ3v) is 3.45. The summed E-state index contributed by atoms with van der Waals surface area (Å²) in [7, 11) is 0. The van der Waals surface area contributed by atoms with Crippen molar-refractivity contribution in [1.82, 2.24) is 0 Å². The van der Waals surface area contributed by atoms with Crippen LogP contribution in [0.2, 0.25) is 0 Å². The van der Waals surface area contributed by atoms with Gasteiger partial charge in [0.1, 0.15) is 17.5 Å². The van der Waals surface area contributed by atoms with Gasteiger partial charge in [-0.2, -0.15) is 0 Å². The Labute approximate surface area is 112 Å². The van der Waals surface area contributed by atoms with Crippen molar-refractivity contribution in [2.75, 3.05) is 0 Å². The van der Waals surface area contributed by atoms with Crippen molar-refractivity contribution in [3.8, 4) is 0 Å². The molecule has 0 nitrogen and oxygen atoms in total. The van der Waals surface area contributed by atoms with E-state index in [0.717, 1.165) is 0 Å². The Bertz CT molecular complexity index is 534. The lowest BCUT2D eigenvalue weighted by Crippen LogP contribution is -2.03. The van der Waals surface area contributed by atoms with Gasteiger partial charge >= 0.3 is 0 Å². The maximum atomic E-state index is 13.5. The molecule has 1 unspecified atom stereocenters. The minimum atomic E-state index is -0.631. The zero-order valence-electron chi connectivity index (χ0n) is 9.34. The van der Waals surface area contributed by atoms with Gasteiger partial charge in [-0.15, -0.1) is 0 Å². The van der Waals surface area contributed by atoms with E-state index in [1.165, 1.54) is 24.3 Å². The maximum Gasteiger partial charge on any atom is 0.130 e. The lowest BCUT2D eigenvalue weighted by Gasteiger charge is -2.12. The van der Waals surface area contributed by atoms with E-state index >= 15 is 0 Å². The highest BCUT2D eigenvalue weighted by Gasteiger charge is 2.18. The van der Waals surface area contributed by atoms with Gasteiger partial charge in [-0.3, -0.25) is 0 Å². The first-order valence-electron chi connectivity index (χ1n) is 5.41. The van der Waals surface area contributed by atoms with Crippen molar-refractivity contribution in [2.45, 2.75) is 11.2 Å². The van der Waals surface area contributed by atoms with E-state index in [9.17, 15) is 13.2 Å². The molecule has 0 N–H and O–H groups in total. The summed E-state index contributed by atoms with van der Waals surface area (Å²) in [5, 5.41) is 0. The first-order valence-corrected chi connectivity index (χ1v) is 6.32. The van der Waals surface area contributed by atoms with Gasteiger partial charge in [-0.25, -0.2) is 13.2 Å². The summed E-state index contributed by atoms with van der Waals surface area (Å²) in [6.45, 7) is 0. The highest BCUT2D eigenvalue weighted by molar-refractivity contribution is 9.09. The fourth-order valence-corrected chi connectivity index (χ4v) is 2.56. The summed E-state index contributed by atoms with van der Waals surface area (Å²) in [5.74, 6) is -1.64. The summed E-state index contributed by atoms with van der Waals surface area (Å²) < 4.78 is 40.5. The molecular weight excluding hydrogens is 305 g/mol. The minimum absolute atomic E-state index is 0.0687. The molecule has 0 saturated carbocycles. The van der Waals surface area contributed by atoms with Crippen LogP contribution in [0.15, 0.2) is 42.5 Å². The van der Waals surface area contributed by atoms with Gasteiger partial charge in [0.05, 0.1) is 0 Å². The Morgan fingerprint density at radius 1 is 0.833 bits per heavy atom. The lowest BCUT2D eigenvalue weighted by atomic mass is 10.0. The largest absolute Gasteiger partial charge is 0.207 e. The standard InChI is InChI=1S/C14H10BrF3/c15-10(8-9-4-1-2-5-11(9)16)14-12(17)6-3-7-13(14)18/h1-7,10H,8H2. The summed E-state index contributed by atoms with van der Waals surface area (Å²) in [6, 6.07) is 9.87. The van der Waals surface area contributed by atoms with Crippen LogP contribution in [0, 0.1) is 17.5 Å². The van der Waals surface area contributed by atoms with Crippen molar-refractivity contribution >= 4 is 15.9 Å². The molecule has 94 valence electrons. The second-order valence-corrected chi connectivity index (χ2v) is 5.00. The van der Waals surface area contributed by atoms with E-state index in [-0.39, 0.29) is 17.8 Å². The van der Waals surface area contributed by atoms with Crippen LogP contribution in [0.3, 0.4) is 0 Å². The molecule has 1 atom stereocenters. The van der Waals surface area contributed by atoms with E-state index in [1.54, 1.807) is 18.2 Å². The maximum absolute atomic E-state index is 13.5. The van der Waals surface area contributed by atoms with Gasteiger partial charge in [0.25, 0.3) is 0 Å². The molecule has 18 heavy (non-hydrogen) atoms. The number of hydrogen-bond acceptors (Lipinski definition) is 0. The molecule has 2 aromatic carbocycles. The predicted molar refractivity (Wildman–Crippen MR) is 68.1 cm³/mol. The Balaban J connectivity index is 2.28. The highest BCUT2D eigenvalue weighted by atomic mass is 79.9. The van der Waals surface area contributed by atoms with Crippen LogP contribution in [0.1, 0.15) is 16.0 Å².